The van der Waals surface area contributed by atoms with E-state index in [1.165, 1.54) is 0 Å². The van der Waals surface area contributed by atoms with Gasteiger partial charge in [-0.25, -0.2) is 18.1 Å². The summed E-state index contributed by atoms with van der Waals surface area (Å²) in [7, 11) is -1.56. The number of carbonyl (C=O) groups excluding carboxylic acids is 1. The summed E-state index contributed by atoms with van der Waals surface area (Å²) >= 11 is 0. The standard InChI is InChI=1S/C21H27N5O3S/c1-13(2)25-30(28,29)12-17-8-6-16(7-9-17)11-22-21(27)18-10-14(3)23-20-19(18)15(4)24-26(20)5/h6-10,13,25H,11-12H2,1-5H3,(H,22,27). The number of hydrogen-bond donors (Lipinski definition) is 2. The molecule has 1 amide bonds. The molecule has 8 nitrogen and oxygen atoms in total. The van der Waals surface area contributed by atoms with E-state index in [0.717, 1.165) is 22.3 Å². The fraction of sp³-hybridized carbons (Fsp3) is 0.381. The van der Waals surface area contributed by atoms with E-state index in [9.17, 15) is 13.2 Å². The second kappa shape index (κ2) is 8.53. The number of nitrogens with zero attached hydrogens (tertiary/aromatic N) is 3. The van der Waals surface area contributed by atoms with Gasteiger partial charge in [-0.2, -0.15) is 5.10 Å². The van der Waals surface area contributed by atoms with Crippen LogP contribution in [0.25, 0.3) is 11.0 Å². The van der Waals surface area contributed by atoms with Gasteiger partial charge in [-0.15, -0.1) is 0 Å². The molecule has 0 saturated carbocycles. The minimum absolute atomic E-state index is 0.0770. The Kier molecular flexibility index (Phi) is 6.23. The second-order valence-corrected chi connectivity index (χ2v) is 9.50. The van der Waals surface area contributed by atoms with Crippen molar-refractivity contribution in [1.82, 2.24) is 24.8 Å². The van der Waals surface area contributed by atoms with Crippen LogP contribution in [0.3, 0.4) is 0 Å². The van der Waals surface area contributed by atoms with Gasteiger partial charge < -0.3 is 5.32 Å². The zero-order valence-corrected chi connectivity index (χ0v) is 18.7. The first-order chi connectivity index (χ1) is 14.1. The van der Waals surface area contributed by atoms with Crippen LogP contribution in [0.15, 0.2) is 30.3 Å². The Morgan fingerprint density at radius 1 is 1.13 bits per heavy atom. The number of pyridine rings is 1. The van der Waals surface area contributed by atoms with Gasteiger partial charge in [-0.1, -0.05) is 24.3 Å². The smallest absolute Gasteiger partial charge is 0.252 e. The van der Waals surface area contributed by atoms with Gasteiger partial charge in [-0.3, -0.25) is 9.48 Å². The molecule has 1 aromatic carbocycles. The Hall–Kier alpha value is -2.78. The maximum atomic E-state index is 12.8. The van der Waals surface area contributed by atoms with Crippen LogP contribution in [0.2, 0.25) is 0 Å². The highest BCUT2D eigenvalue weighted by molar-refractivity contribution is 7.88. The predicted octanol–water partition coefficient (Wildman–Crippen LogP) is 2.34. The van der Waals surface area contributed by atoms with Crippen LogP contribution in [0, 0.1) is 13.8 Å². The maximum Gasteiger partial charge on any atom is 0.252 e. The molecule has 3 rings (SSSR count). The molecule has 0 fully saturated rings. The molecule has 2 heterocycles. The topological polar surface area (TPSA) is 106 Å². The quantitative estimate of drug-likeness (QED) is 0.600. The molecule has 2 N–H and O–H groups in total. The van der Waals surface area contributed by atoms with Crippen molar-refractivity contribution in [2.75, 3.05) is 0 Å². The van der Waals surface area contributed by atoms with Crippen LogP contribution < -0.4 is 10.0 Å². The Morgan fingerprint density at radius 2 is 1.77 bits per heavy atom. The number of aromatic nitrogens is 3. The molecule has 0 radical (unpaired) electrons. The van der Waals surface area contributed by atoms with E-state index < -0.39 is 10.0 Å². The second-order valence-electron chi connectivity index (χ2n) is 7.75. The van der Waals surface area contributed by atoms with Crippen LogP contribution in [-0.4, -0.2) is 35.1 Å². The monoisotopic (exact) mass is 429 g/mol. The molecule has 0 unspecified atom stereocenters. The predicted molar refractivity (Wildman–Crippen MR) is 116 cm³/mol. The highest BCUT2D eigenvalue weighted by atomic mass is 32.2. The van der Waals surface area contributed by atoms with Crippen molar-refractivity contribution >= 4 is 27.0 Å². The summed E-state index contributed by atoms with van der Waals surface area (Å²) in [6, 6.07) is 8.80. The molecule has 0 aliphatic rings. The largest absolute Gasteiger partial charge is 0.348 e. The zero-order chi connectivity index (χ0) is 22.1. The number of nitrogens with one attached hydrogen (secondary N) is 2. The van der Waals surface area contributed by atoms with E-state index >= 15 is 0 Å². The molecular weight excluding hydrogens is 402 g/mol. The van der Waals surface area contributed by atoms with Gasteiger partial charge in [0, 0.05) is 25.3 Å². The van der Waals surface area contributed by atoms with E-state index in [1.807, 2.05) is 33.0 Å². The molecule has 3 aromatic rings. The number of sulfonamides is 1. The minimum atomic E-state index is -3.37. The Labute approximate surface area is 176 Å². The van der Waals surface area contributed by atoms with Crippen molar-refractivity contribution in [3.63, 3.8) is 0 Å². The highest BCUT2D eigenvalue weighted by Gasteiger charge is 2.18. The number of aryl methyl sites for hydroxylation is 3. The highest BCUT2D eigenvalue weighted by Crippen LogP contribution is 2.21. The number of fused-ring (bicyclic) bond motifs is 1. The minimum Gasteiger partial charge on any atom is -0.348 e. The third kappa shape index (κ3) is 5.03. The lowest BCUT2D eigenvalue weighted by molar-refractivity contribution is 0.0952. The van der Waals surface area contributed by atoms with Crippen molar-refractivity contribution in [2.45, 2.75) is 46.0 Å². The first-order valence-electron chi connectivity index (χ1n) is 9.72. The van der Waals surface area contributed by atoms with Crippen LogP contribution in [-0.2, 0) is 29.4 Å². The lowest BCUT2D eigenvalue weighted by atomic mass is 10.1. The van der Waals surface area contributed by atoms with Crippen LogP contribution in [0.1, 0.15) is 46.7 Å². The molecule has 0 aliphatic carbocycles. The zero-order valence-electron chi connectivity index (χ0n) is 17.9. The fourth-order valence-corrected chi connectivity index (χ4v) is 4.83. The molecule has 0 saturated heterocycles. The number of rotatable bonds is 7. The first kappa shape index (κ1) is 21.9. The van der Waals surface area contributed by atoms with Crippen LogP contribution >= 0.6 is 0 Å². The number of benzene rings is 1. The van der Waals surface area contributed by atoms with E-state index in [1.54, 1.807) is 36.7 Å². The first-order valence-corrected chi connectivity index (χ1v) is 11.4. The third-order valence-corrected chi connectivity index (χ3v) is 6.13. The fourth-order valence-electron chi connectivity index (χ4n) is 3.40. The Bertz CT molecular complexity index is 1180. The van der Waals surface area contributed by atoms with Crippen molar-refractivity contribution < 1.29 is 13.2 Å². The summed E-state index contributed by atoms with van der Waals surface area (Å²) in [5.74, 6) is -0.277. The average molecular weight is 430 g/mol. The molecular formula is C21H27N5O3S. The molecule has 0 aliphatic heterocycles. The molecule has 0 atom stereocenters. The summed E-state index contributed by atoms with van der Waals surface area (Å²) in [6.45, 7) is 7.61. The molecule has 0 bridgehead atoms. The van der Waals surface area contributed by atoms with Gasteiger partial charge >= 0.3 is 0 Å². The Balaban J connectivity index is 1.71. The number of amides is 1. The van der Waals surface area contributed by atoms with Crippen LogP contribution in [0.5, 0.6) is 0 Å². The van der Waals surface area contributed by atoms with Crippen LogP contribution in [0.4, 0.5) is 0 Å². The van der Waals surface area contributed by atoms with Crippen molar-refractivity contribution in [3.8, 4) is 0 Å². The normalized spacial score (nSPS) is 11.9. The maximum absolute atomic E-state index is 12.8. The number of carbonyl (C=O) groups is 1. The van der Waals surface area contributed by atoms with Gasteiger partial charge in [0.25, 0.3) is 5.91 Å². The van der Waals surface area contributed by atoms with E-state index in [-0.39, 0.29) is 17.7 Å². The van der Waals surface area contributed by atoms with E-state index in [4.69, 9.17) is 0 Å². The van der Waals surface area contributed by atoms with Gasteiger partial charge in [-0.05, 0) is 44.9 Å². The SMILES string of the molecule is Cc1cc(C(=O)NCc2ccc(CS(=O)(=O)NC(C)C)cc2)c2c(C)nn(C)c2n1. The van der Waals surface area contributed by atoms with Crippen molar-refractivity contribution in [3.05, 3.63) is 58.4 Å². The van der Waals surface area contributed by atoms with E-state index in [2.05, 4.69) is 20.1 Å². The van der Waals surface area contributed by atoms with E-state index in [0.29, 0.717) is 23.3 Å². The summed E-state index contributed by atoms with van der Waals surface area (Å²) in [4.78, 5) is 17.3. The van der Waals surface area contributed by atoms with Crippen molar-refractivity contribution in [2.24, 2.45) is 7.05 Å². The molecule has 30 heavy (non-hydrogen) atoms. The van der Waals surface area contributed by atoms with Gasteiger partial charge in [0.2, 0.25) is 10.0 Å². The Morgan fingerprint density at radius 3 is 2.40 bits per heavy atom. The summed E-state index contributed by atoms with van der Waals surface area (Å²) in [6.07, 6.45) is 0. The summed E-state index contributed by atoms with van der Waals surface area (Å²) < 4.78 is 28.3. The molecule has 9 heteroatoms. The van der Waals surface area contributed by atoms with Gasteiger partial charge in [0.15, 0.2) is 5.65 Å². The van der Waals surface area contributed by atoms with Crippen molar-refractivity contribution in [1.29, 1.82) is 0 Å². The summed E-state index contributed by atoms with van der Waals surface area (Å²) in [5.41, 5.74) is 4.30. The molecule has 160 valence electrons. The lowest BCUT2D eigenvalue weighted by Gasteiger charge is -2.10. The average Bonchev–Trinajstić information content (AvgIpc) is 2.92. The third-order valence-electron chi connectivity index (χ3n) is 4.59. The molecule has 2 aromatic heterocycles. The van der Waals surface area contributed by atoms with Gasteiger partial charge in [0.1, 0.15) is 0 Å². The molecule has 0 spiro atoms. The lowest BCUT2D eigenvalue weighted by Crippen LogP contribution is -2.31. The van der Waals surface area contributed by atoms with Gasteiger partial charge in [0.05, 0.1) is 22.4 Å². The summed E-state index contributed by atoms with van der Waals surface area (Å²) in [5, 5.41) is 8.05. The number of hydrogen-bond acceptors (Lipinski definition) is 5.